The molecule has 22 heavy (non-hydrogen) atoms. The van der Waals surface area contributed by atoms with E-state index in [1.807, 2.05) is 0 Å². The standard InChI is InChI=1S/C11H11Cl3N2O5S/c1-5-2-22(20)9-6(15-4-17)8(18)16(9)7(5)10(19)21-3-11(12,13)14/h4,6,9H,2-3H2,1H3,(H,15,17)/t6?,9-,22?/m1/s1. The molecule has 1 saturated heterocycles. The number of hydrogen-bond donors (Lipinski definition) is 1. The maximum atomic E-state index is 12.1. The van der Waals surface area contributed by atoms with Crippen LogP contribution < -0.4 is 5.32 Å². The molecule has 0 aromatic carbocycles. The van der Waals surface area contributed by atoms with E-state index in [0.717, 1.165) is 4.90 Å². The molecule has 1 fully saturated rings. The Bertz CT molecular complexity index is 589. The summed E-state index contributed by atoms with van der Waals surface area (Å²) in [6.07, 6.45) is 0.350. The van der Waals surface area contributed by atoms with Crippen molar-refractivity contribution in [3.63, 3.8) is 0 Å². The van der Waals surface area contributed by atoms with Crippen LogP contribution in [0.2, 0.25) is 0 Å². The Morgan fingerprint density at radius 2 is 2.18 bits per heavy atom. The number of rotatable bonds is 4. The van der Waals surface area contributed by atoms with E-state index in [9.17, 15) is 18.6 Å². The van der Waals surface area contributed by atoms with E-state index in [2.05, 4.69) is 5.32 Å². The van der Waals surface area contributed by atoms with Crippen LogP contribution in [0.25, 0.3) is 0 Å². The Labute approximate surface area is 143 Å². The third-order valence-electron chi connectivity index (χ3n) is 3.12. The number of alkyl halides is 3. The lowest BCUT2D eigenvalue weighted by Gasteiger charge is -2.48. The zero-order valence-corrected chi connectivity index (χ0v) is 14.3. The molecule has 1 N–H and O–H groups in total. The molecule has 11 heteroatoms. The summed E-state index contributed by atoms with van der Waals surface area (Å²) in [5.74, 6) is -1.29. The fourth-order valence-corrected chi connectivity index (χ4v) is 4.10. The SMILES string of the molecule is CC1=C(C(=O)OCC(Cl)(Cl)Cl)N2C(=O)C(NC=O)[C@H]2S(=O)C1. The molecule has 2 unspecified atom stereocenters. The second kappa shape index (κ2) is 6.35. The molecule has 0 spiro atoms. The smallest absolute Gasteiger partial charge is 0.355 e. The summed E-state index contributed by atoms with van der Waals surface area (Å²) in [5, 5.41) is 1.49. The average molecular weight is 390 g/mol. The Balaban J connectivity index is 2.22. The number of nitrogens with zero attached hydrogens (tertiary/aromatic N) is 1. The normalized spacial score (nSPS) is 27.9. The second-order valence-corrected chi connectivity index (χ2v) is 8.76. The van der Waals surface area contributed by atoms with Crippen molar-refractivity contribution < 1.29 is 23.3 Å². The van der Waals surface area contributed by atoms with Gasteiger partial charge >= 0.3 is 5.97 Å². The quantitative estimate of drug-likeness (QED) is 0.321. The van der Waals surface area contributed by atoms with E-state index in [-0.39, 0.29) is 11.4 Å². The van der Waals surface area contributed by atoms with Crippen molar-refractivity contribution in [3.8, 4) is 0 Å². The first-order valence-corrected chi connectivity index (χ1v) is 8.52. The molecule has 3 atom stereocenters. The van der Waals surface area contributed by atoms with Crippen molar-refractivity contribution in [1.82, 2.24) is 10.2 Å². The summed E-state index contributed by atoms with van der Waals surface area (Å²) in [6, 6.07) is -0.914. The van der Waals surface area contributed by atoms with Gasteiger partial charge in [-0.25, -0.2) is 4.79 Å². The molecule has 0 bridgehead atoms. The Morgan fingerprint density at radius 1 is 1.55 bits per heavy atom. The fraction of sp³-hybridized carbons (Fsp3) is 0.545. The molecular formula is C11H11Cl3N2O5S. The molecular weight excluding hydrogens is 379 g/mol. The lowest BCUT2D eigenvalue weighted by atomic mass is 10.0. The maximum Gasteiger partial charge on any atom is 0.355 e. The van der Waals surface area contributed by atoms with Gasteiger partial charge in [0, 0.05) is 5.75 Å². The molecule has 2 aliphatic rings. The number of nitrogens with one attached hydrogen (secondary N) is 1. The number of ether oxygens (including phenoxy) is 1. The minimum absolute atomic E-state index is 0.0206. The molecule has 2 rings (SSSR count). The van der Waals surface area contributed by atoms with Gasteiger partial charge in [0.1, 0.15) is 23.7 Å². The minimum Gasteiger partial charge on any atom is -0.456 e. The lowest BCUT2D eigenvalue weighted by Crippen LogP contribution is -2.72. The summed E-state index contributed by atoms with van der Waals surface area (Å²) >= 11 is 16.5. The van der Waals surface area contributed by atoms with E-state index in [0.29, 0.717) is 12.0 Å². The van der Waals surface area contributed by atoms with Crippen molar-refractivity contribution in [2.24, 2.45) is 0 Å². The number of amides is 2. The van der Waals surface area contributed by atoms with Gasteiger partial charge in [-0.3, -0.25) is 18.7 Å². The molecule has 0 aromatic rings. The highest BCUT2D eigenvalue weighted by molar-refractivity contribution is 7.86. The number of carbonyl (C=O) groups excluding carboxylic acids is 3. The highest BCUT2D eigenvalue weighted by Gasteiger charge is 2.56. The van der Waals surface area contributed by atoms with Crippen molar-refractivity contribution in [3.05, 3.63) is 11.3 Å². The van der Waals surface area contributed by atoms with Crippen LogP contribution in [0.15, 0.2) is 11.3 Å². The summed E-state index contributed by atoms with van der Waals surface area (Å²) in [7, 11) is -1.43. The predicted molar refractivity (Wildman–Crippen MR) is 80.6 cm³/mol. The minimum atomic E-state index is -1.78. The highest BCUT2D eigenvalue weighted by Crippen LogP contribution is 2.35. The van der Waals surface area contributed by atoms with Crippen LogP contribution in [0, 0.1) is 0 Å². The van der Waals surface area contributed by atoms with Gasteiger partial charge in [-0.1, -0.05) is 34.8 Å². The molecule has 2 heterocycles. The average Bonchev–Trinajstić information content (AvgIpc) is 2.41. The van der Waals surface area contributed by atoms with Gasteiger partial charge in [-0.05, 0) is 12.5 Å². The highest BCUT2D eigenvalue weighted by atomic mass is 35.6. The van der Waals surface area contributed by atoms with Crippen molar-refractivity contribution in [2.45, 2.75) is 22.1 Å². The molecule has 122 valence electrons. The number of carbonyl (C=O) groups is 3. The van der Waals surface area contributed by atoms with Crippen LogP contribution in [0.1, 0.15) is 6.92 Å². The van der Waals surface area contributed by atoms with Crippen LogP contribution in [0.4, 0.5) is 0 Å². The second-order valence-electron chi connectivity index (χ2n) is 4.71. The Hall–Kier alpha value is -0.830. The summed E-state index contributed by atoms with van der Waals surface area (Å²) in [5.41, 5.74) is 0.412. The number of esters is 1. The topological polar surface area (TPSA) is 92.8 Å². The number of fused-ring (bicyclic) bond motifs is 1. The fourth-order valence-electron chi connectivity index (χ4n) is 2.26. The van der Waals surface area contributed by atoms with Crippen LogP contribution in [-0.2, 0) is 29.9 Å². The number of hydrogen-bond acceptors (Lipinski definition) is 5. The third kappa shape index (κ3) is 3.24. The molecule has 2 aliphatic heterocycles. The van der Waals surface area contributed by atoms with Gasteiger partial charge < -0.3 is 10.1 Å². The first-order chi connectivity index (χ1) is 10.2. The largest absolute Gasteiger partial charge is 0.456 e. The molecule has 0 aliphatic carbocycles. The van der Waals surface area contributed by atoms with Gasteiger partial charge in [-0.2, -0.15) is 0 Å². The summed E-state index contributed by atoms with van der Waals surface area (Å²) in [4.78, 5) is 35.7. The van der Waals surface area contributed by atoms with Crippen molar-refractivity contribution in [2.75, 3.05) is 12.4 Å². The zero-order chi connectivity index (χ0) is 16.7. The van der Waals surface area contributed by atoms with E-state index >= 15 is 0 Å². The predicted octanol–water partition coefficient (Wildman–Crippen LogP) is 0.219. The van der Waals surface area contributed by atoms with E-state index in [4.69, 9.17) is 39.5 Å². The monoisotopic (exact) mass is 388 g/mol. The first-order valence-electron chi connectivity index (χ1n) is 6.01. The third-order valence-corrected chi connectivity index (χ3v) is 5.19. The maximum absolute atomic E-state index is 12.1. The number of halogens is 3. The van der Waals surface area contributed by atoms with Crippen molar-refractivity contribution >= 4 is 63.9 Å². The summed E-state index contributed by atoms with van der Waals surface area (Å²) < 4.78 is 15.2. The van der Waals surface area contributed by atoms with Gasteiger partial charge in [-0.15, -0.1) is 0 Å². The lowest BCUT2D eigenvalue weighted by molar-refractivity contribution is -0.152. The zero-order valence-electron chi connectivity index (χ0n) is 11.2. The first kappa shape index (κ1) is 17.5. The molecule has 7 nitrogen and oxygen atoms in total. The number of β-lactam (4-membered cyclic amide) rings is 1. The van der Waals surface area contributed by atoms with Crippen LogP contribution in [0.3, 0.4) is 0 Å². The van der Waals surface area contributed by atoms with Crippen LogP contribution >= 0.6 is 34.8 Å². The summed E-state index contributed by atoms with van der Waals surface area (Å²) in [6.45, 7) is 1.08. The van der Waals surface area contributed by atoms with E-state index in [1.165, 1.54) is 0 Å². The van der Waals surface area contributed by atoms with E-state index < -0.39 is 44.5 Å². The molecule has 0 aromatic heterocycles. The van der Waals surface area contributed by atoms with Gasteiger partial charge in [0.15, 0.2) is 0 Å². The van der Waals surface area contributed by atoms with Gasteiger partial charge in [0.05, 0.1) is 10.8 Å². The molecule has 0 radical (unpaired) electrons. The van der Waals surface area contributed by atoms with Gasteiger partial charge in [0.2, 0.25) is 10.2 Å². The molecule has 0 saturated carbocycles. The Morgan fingerprint density at radius 3 is 2.73 bits per heavy atom. The van der Waals surface area contributed by atoms with Gasteiger partial charge in [0.25, 0.3) is 5.91 Å². The van der Waals surface area contributed by atoms with Crippen LogP contribution in [-0.4, -0.2) is 55.0 Å². The van der Waals surface area contributed by atoms with Crippen molar-refractivity contribution in [1.29, 1.82) is 0 Å². The molecule has 2 amide bonds. The van der Waals surface area contributed by atoms with E-state index in [1.54, 1.807) is 6.92 Å². The Kier molecular flexibility index (Phi) is 5.06. The van der Waals surface area contributed by atoms with Crippen LogP contribution in [0.5, 0.6) is 0 Å².